The Kier molecular flexibility index (Phi) is 11.1. The smallest absolute Gasteiger partial charge is 0.232 e. The van der Waals surface area contributed by atoms with E-state index in [0.29, 0.717) is 44.3 Å². The van der Waals surface area contributed by atoms with Crippen LogP contribution in [0.3, 0.4) is 0 Å². The standard InChI is InChI=1S/C32H46O9/c1-2-8-22-11-13-24(14-12-22)40-30-32(38)21-23(15-18-31(37)16-4-3-5-17-31)25(34)9-7-20-39-26(10-6-19-33)28(41-30)27(35)29(32)36/h2,11-14,23,25-30,33-38H,1,3-6,8-10,15-19,21H2/t23?,25?,26-,27?,28+,29-,30+,32-/m0/s1. The number of hydrogen-bond donors (Lipinski definition) is 6. The molecule has 1 aliphatic carbocycles. The maximum atomic E-state index is 12.1. The number of fused-ring (bicyclic) bond motifs is 8. The fourth-order valence-corrected chi connectivity index (χ4v) is 6.38. The second-order valence-electron chi connectivity index (χ2n) is 12.0. The normalized spacial score (nSPS) is 35.2. The predicted octanol–water partition coefficient (Wildman–Crippen LogP) is 2.34. The molecule has 5 rings (SSSR count). The van der Waals surface area contributed by atoms with Crippen molar-refractivity contribution in [3.05, 3.63) is 42.5 Å². The first kappa shape index (κ1) is 31.8. The maximum absolute atomic E-state index is 12.1. The highest BCUT2D eigenvalue weighted by Gasteiger charge is 2.59. The summed E-state index contributed by atoms with van der Waals surface area (Å²) in [5, 5.41) is 66.5. The molecule has 3 heterocycles. The Hall–Kier alpha value is -2.16. The molecule has 0 aromatic heterocycles. The summed E-state index contributed by atoms with van der Waals surface area (Å²) in [5.74, 6) is 2.63. The third-order valence-electron chi connectivity index (χ3n) is 8.91. The summed E-state index contributed by atoms with van der Waals surface area (Å²) in [6, 6.07) is 7.18. The van der Waals surface area contributed by atoms with Crippen molar-refractivity contribution >= 4 is 0 Å². The molecule has 1 saturated carbocycles. The molecule has 0 amide bonds. The second kappa shape index (κ2) is 14.3. The summed E-state index contributed by atoms with van der Waals surface area (Å²) in [4.78, 5) is 0. The molecule has 1 aromatic rings. The minimum atomic E-state index is -2.11. The van der Waals surface area contributed by atoms with Crippen molar-refractivity contribution in [2.24, 2.45) is 5.92 Å². The second-order valence-corrected chi connectivity index (χ2v) is 12.0. The molecule has 9 heteroatoms. The van der Waals surface area contributed by atoms with Gasteiger partial charge in [0.05, 0.1) is 11.7 Å². The summed E-state index contributed by atoms with van der Waals surface area (Å²) < 4.78 is 18.1. The topological polar surface area (TPSA) is 149 Å². The van der Waals surface area contributed by atoms with E-state index in [1.54, 1.807) is 18.2 Å². The van der Waals surface area contributed by atoms with E-state index in [4.69, 9.17) is 14.2 Å². The van der Waals surface area contributed by atoms with Crippen LogP contribution in [0.4, 0.5) is 0 Å². The van der Waals surface area contributed by atoms with Gasteiger partial charge >= 0.3 is 0 Å². The van der Waals surface area contributed by atoms with E-state index in [2.05, 4.69) is 18.6 Å². The quantitative estimate of drug-likeness (QED) is 0.183. The van der Waals surface area contributed by atoms with Crippen LogP contribution in [0.2, 0.25) is 0 Å². The highest BCUT2D eigenvalue weighted by atomic mass is 16.7. The first-order valence-corrected chi connectivity index (χ1v) is 14.9. The first-order valence-electron chi connectivity index (χ1n) is 14.9. The van der Waals surface area contributed by atoms with Gasteiger partial charge in [-0.3, -0.25) is 0 Å². The molecule has 9 nitrogen and oxygen atoms in total. The van der Waals surface area contributed by atoms with Gasteiger partial charge in [0.15, 0.2) is 5.60 Å². The average molecular weight is 575 g/mol. The molecule has 8 atom stereocenters. The van der Waals surface area contributed by atoms with Crippen LogP contribution in [0.5, 0.6) is 5.75 Å². The Morgan fingerprint density at radius 2 is 1.78 bits per heavy atom. The third kappa shape index (κ3) is 7.82. The summed E-state index contributed by atoms with van der Waals surface area (Å²) in [7, 11) is 0. The molecule has 0 radical (unpaired) electrons. The van der Waals surface area contributed by atoms with Gasteiger partial charge in [-0.15, -0.1) is 6.58 Å². The number of rotatable bonds is 10. The minimum Gasteiger partial charge on any atom is -0.462 e. The van der Waals surface area contributed by atoms with Gasteiger partial charge in [-0.05, 0) is 75.0 Å². The number of aliphatic hydroxyl groups is 6. The van der Waals surface area contributed by atoms with E-state index in [-0.39, 0.29) is 25.9 Å². The van der Waals surface area contributed by atoms with Crippen molar-refractivity contribution in [3.63, 3.8) is 0 Å². The highest BCUT2D eigenvalue weighted by molar-refractivity contribution is 5.29. The zero-order chi connectivity index (χ0) is 29.5. The van der Waals surface area contributed by atoms with Crippen LogP contribution in [-0.4, -0.2) is 85.3 Å². The van der Waals surface area contributed by atoms with E-state index in [1.807, 2.05) is 12.1 Å². The SMILES string of the molecule is C=CCc1ccc(O[C@@H]2O[C@H]3C(O)[C@H](O)[C@@]2(O)CC(CCC2(O)CCCCC2)C(O)CC#CO[C@H]3CCCO)cc1. The van der Waals surface area contributed by atoms with Crippen molar-refractivity contribution in [2.75, 3.05) is 6.61 Å². The van der Waals surface area contributed by atoms with Crippen LogP contribution >= 0.6 is 0 Å². The molecule has 3 aliphatic heterocycles. The number of benzene rings is 1. The van der Waals surface area contributed by atoms with Gasteiger partial charge in [0, 0.05) is 13.0 Å². The molecule has 0 spiro atoms. The minimum absolute atomic E-state index is 0.0619. The molecule has 228 valence electrons. The zero-order valence-corrected chi connectivity index (χ0v) is 23.7. The van der Waals surface area contributed by atoms with E-state index < -0.39 is 53.9 Å². The molecule has 6 N–H and O–H groups in total. The van der Waals surface area contributed by atoms with E-state index in [1.165, 1.54) is 0 Å². The molecule has 41 heavy (non-hydrogen) atoms. The van der Waals surface area contributed by atoms with Gasteiger partial charge in [0.2, 0.25) is 6.29 Å². The third-order valence-corrected chi connectivity index (χ3v) is 8.91. The maximum Gasteiger partial charge on any atom is 0.232 e. The number of ether oxygens (including phenoxy) is 3. The fourth-order valence-electron chi connectivity index (χ4n) is 6.38. The van der Waals surface area contributed by atoms with Crippen molar-refractivity contribution in [1.82, 2.24) is 0 Å². The van der Waals surface area contributed by atoms with Crippen LogP contribution < -0.4 is 4.74 Å². The Balaban J connectivity index is 1.66. The summed E-state index contributed by atoms with van der Waals surface area (Å²) >= 11 is 0. The first-order chi connectivity index (χ1) is 19.7. The molecule has 2 fully saturated rings. The van der Waals surface area contributed by atoms with Crippen molar-refractivity contribution < 1.29 is 44.8 Å². The lowest BCUT2D eigenvalue weighted by molar-refractivity contribution is -0.333. The Labute approximate surface area is 242 Å². The average Bonchev–Trinajstić information content (AvgIpc) is 2.96. The van der Waals surface area contributed by atoms with Crippen molar-refractivity contribution in [1.29, 1.82) is 0 Å². The van der Waals surface area contributed by atoms with Crippen LogP contribution in [0.15, 0.2) is 36.9 Å². The molecule has 1 saturated heterocycles. The lowest BCUT2D eigenvalue weighted by Gasteiger charge is -2.50. The van der Waals surface area contributed by atoms with E-state index >= 15 is 0 Å². The van der Waals surface area contributed by atoms with E-state index in [0.717, 1.165) is 24.8 Å². The zero-order valence-electron chi connectivity index (χ0n) is 23.7. The number of aliphatic hydroxyl groups excluding tert-OH is 4. The Morgan fingerprint density at radius 1 is 1.05 bits per heavy atom. The van der Waals surface area contributed by atoms with Crippen LogP contribution in [0, 0.1) is 17.9 Å². The summed E-state index contributed by atoms with van der Waals surface area (Å²) in [6.07, 6.45) is 3.09. The summed E-state index contributed by atoms with van der Waals surface area (Å²) in [5.41, 5.74) is -1.93. The summed E-state index contributed by atoms with van der Waals surface area (Å²) in [6.45, 7) is 3.64. The molecule has 4 aliphatic rings. The lowest BCUT2D eigenvalue weighted by atomic mass is 9.73. The predicted molar refractivity (Wildman–Crippen MR) is 152 cm³/mol. The molecule has 2 bridgehead atoms. The van der Waals surface area contributed by atoms with Gasteiger partial charge in [0.25, 0.3) is 0 Å². The van der Waals surface area contributed by atoms with Crippen LogP contribution in [-0.2, 0) is 15.9 Å². The Morgan fingerprint density at radius 3 is 2.46 bits per heavy atom. The Bertz CT molecular complexity index is 1030. The lowest BCUT2D eigenvalue weighted by Crippen LogP contribution is -2.70. The van der Waals surface area contributed by atoms with Gasteiger partial charge in [0.1, 0.15) is 36.3 Å². The molecular weight excluding hydrogens is 528 g/mol. The van der Waals surface area contributed by atoms with Gasteiger partial charge in [-0.1, -0.05) is 43.4 Å². The van der Waals surface area contributed by atoms with Crippen molar-refractivity contribution in [2.45, 2.75) is 125 Å². The molecular formula is C32H46O9. The fraction of sp³-hybridized carbons (Fsp3) is 0.688. The number of allylic oxidation sites excluding steroid dienone is 1. The van der Waals surface area contributed by atoms with Gasteiger partial charge in [-0.2, -0.15) is 0 Å². The van der Waals surface area contributed by atoms with E-state index in [9.17, 15) is 30.6 Å². The molecule has 1 aromatic carbocycles. The molecule has 3 unspecified atom stereocenters. The van der Waals surface area contributed by atoms with Crippen LogP contribution in [0.25, 0.3) is 0 Å². The highest BCUT2D eigenvalue weighted by Crippen LogP contribution is 2.42. The van der Waals surface area contributed by atoms with Crippen molar-refractivity contribution in [3.8, 4) is 17.8 Å². The largest absolute Gasteiger partial charge is 0.462 e. The van der Waals surface area contributed by atoms with Gasteiger partial charge in [-0.25, -0.2) is 0 Å². The van der Waals surface area contributed by atoms with Crippen LogP contribution in [0.1, 0.15) is 76.2 Å². The monoisotopic (exact) mass is 574 g/mol. The number of hydrogen-bond acceptors (Lipinski definition) is 9. The van der Waals surface area contributed by atoms with Gasteiger partial charge < -0.3 is 44.8 Å².